The molecule has 0 heterocycles. The van der Waals surface area contributed by atoms with Gasteiger partial charge in [-0.25, -0.2) is 13.2 Å². The first kappa shape index (κ1) is 15.3. The third kappa shape index (κ3) is 3.71. The smallest absolute Gasteiger partial charge is 0.327 e. The number of carbonyl (C=O) groups excluding carboxylic acids is 1. The Morgan fingerprint density at radius 3 is 2.45 bits per heavy atom. The highest BCUT2D eigenvalue weighted by Gasteiger charge is 2.41. The number of amides is 1. The van der Waals surface area contributed by atoms with Crippen LogP contribution in [0.25, 0.3) is 0 Å². The summed E-state index contributed by atoms with van der Waals surface area (Å²) in [5.41, 5.74) is 0. The lowest BCUT2D eigenvalue weighted by molar-refractivity contribution is -0.140. The summed E-state index contributed by atoms with van der Waals surface area (Å²) in [6, 6.07) is -1.35. The number of carbonyl (C=O) groups is 2. The van der Waals surface area contributed by atoms with Gasteiger partial charge in [0.15, 0.2) is 9.84 Å². The van der Waals surface area contributed by atoms with Gasteiger partial charge in [-0.2, -0.15) is 0 Å². The van der Waals surface area contributed by atoms with Crippen molar-refractivity contribution in [3.63, 3.8) is 0 Å². The second kappa shape index (κ2) is 5.71. The van der Waals surface area contributed by atoms with Crippen LogP contribution in [0.1, 0.15) is 32.6 Å². The van der Waals surface area contributed by atoms with Gasteiger partial charge in [0.2, 0.25) is 5.91 Å². The molecular formula is C13H21NO5S. The van der Waals surface area contributed by atoms with E-state index in [1.54, 1.807) is 0 Å². The van der Waals surface area contributed by atoms with Gasteiger partial charge >= 0.3 is 5.97 Å². The van der Waals surface area contributed by atoms with Crippen LogP contribution >= 0.6 is 0 Å². The van der Waals surface area contributed by atoms with Gasteiger partial charge in [0.1, 0.15) is 6.04 Å². The predicted octanol–water partition coefficient (Wildman–Crippen LogP) is 0.427. The van der Waals surface area contributed by atoms with Crippen LogP contribution in [0.2, 0.25) is 0 Å². The van der Waals surface area contributed by atoms with E-state index >= 15 is 0 Å². The van der Waals surface area contributed by atoms with Crippen molar-refractivity contribution < 1.29 is 23.1 Å². The molecular weight excluding hydrogens is 282 g/mol. The molecule has 4 unspecified atom stereocenters. The zero-order chi connectivity index (χ0) is 14.9. The lowest BCUT2D eigenvalue weighted by Crippen LogP contribution is -2.45. The van der Waals surface area contributed by atoms with Crippen LogP contribution in [-0.2, 0) is 19.4 Å². The molecule has 6 nitrogen and oxygen atoms in total. The largest absolute Gasteiger partial charge is 0.480 e. The molecule has 2 rings (SSSR count). The van der Waals surface area contributed by atoms with Crippen LogP contribution in [-0.4, -0.2) is 42.9 Å². The van der Waals surface area contributed by atoms with Gasteiger partial charge < -0.3 is 10.4 Å². The minimum atomic E-state index is -3.47. The van der Waals surface area contributed by atoms with Gasteiger partial charge in [-0.3, -0.25) is 4.79 Å². The zero-order valence-electron chi connectivity index (χ0n) is 11.5. The van der Waals surface area contributed by atoms with Gasteiger partial charge in [0.25, 0.3) is 0 Å². The number of aliphatic carboxylic acids is 1. The number of fused-ring (bicyclic) bond motifs is 2. The maximum absolute atomic E-state index is 12.1. The fraction of sp³-hybridized carbons (Fsp3) is 0.846. The van der Waals surface area contributed by atoms with E-state index < -0.39 is 33.5 Å². The maximum Gasteiger partial charge on any atom is 0.327 e. The molecule has 2 aliphatic carbocycles. The molecule has 2 aliphatic rings. The molecule has 1 amide bonds. The monoisotopic (exact) mass is 303 g/mol. The van der Waals surface area contributed by atoms with Gasteiger partial charge in [-0.1, -0.05) is 6.42 Å². The summed E-state index contributed by atoms with van der Waals surface area (Å²) in [5.74, 6) is -0.993. The summed E-state index contributed by atoms with van der Waals surface area (Å²) >= 11 is 0. The number of rotatable bonds is 6. The van der Waals surface area contributed by atoms with E-state index in [1.165, 1.54) is 13.3 Å². The van der Waals surface area contributed by atoms with Crippen molar-refractivity contribution in [2.45, 2.75) is 38.6 Å². The first-order valence-electron chi connectivity index (χ1n) is 6.97. The standard InChI is InChI=1S/C13H21NO5S/c1-8(15)14-12(13(16)17)7-20(18,19)6-11-5-9-2-3-10(11)4-9/h9-12H,2-7H2,1H3,(H,14,15)(H,16,17). The van der Waals surface area contributed by atoms with Crippen molar-refractivity contribution in [3.05, 3.63) is 0 Å². The van der Waals surface area contributed by atoms with Crippen molar-refractivity contribution in [1.82, 2.24) is 5.32 Å². The third-order valence-corrected chi connectivity index (χ3v) is 6.23. The summed E-state index contributed by atoms with van der Waals surface area (Å²) < 4.78 is 24.3. The Kier molecular flexibility index (Phi) is 4.36. The molecule has 2 saturated carbocycles. The lowest BCUT2D eigenvalue weighted by Gasteiger charge is -2.22. The van der Waals surface area contributed by atoms with E-state index in [2.05, 4.69) is 5.32 Å². The molecule has 0 spiro atoms. The highest BCUT2D eigenvalue weighted by molar-refractivity contribution is 7.91. The van der Waals surface area contributed by atoms with E-state index in [4.69, 9.17) is 5.11 Å². The molecule has 0 aromatic rings. The molecule has 0 aromatic heterocycles. The first-order chi connectivity index (χ1) is 9.27. The Bertz CT molecular complexity index is 501. The van der Waals surface area contributed by atoms with Crippen molar-refractivity contribution in [3.8, 4) is 0 Å². The molecule has 4 atom stereocenters. The predicted molar refractivity (Wildman–Crippen MR) is 72.8 cm³/mol. The van der Waals surface area contributed by atoms with E-state index in [0.29, 0.717) is 11.8 Å². The topological polar surface area (TPSA) is 101 Å². The second-order valence-corrected chi connectivity index (χ2v) is 8.26. The summed E-state index contributed by atoms with van der Waals surface area (Å²) in [7, 11) is -3.47. The van der Waals surface area contributed by atoms with Gasteiger partial charge in [0, 0.05) is 6.92 Å². The number of carboxylic acids is 1. The third-order valence-electron chi connectivity index (χ3n) is 4.45. The average molecular weight is 303 g/mol. The molecule has 0 radical (unpaired) electrons. The van der Waals surface area contributed by atoms with Crippen LogP contribution in [0.15, 0.2) is 0 Å². The van der Waals surface area contributed by atoms with Gasteiger partial charge in [-0.15, -0.1) is 0 Å². The Labute approximate surface area is 118 Å². The average Bonchev–Trinajstić information content (AvgIpc) is 2.87. The van der Waals surface area contributed by atoms with Crippen molar-refractivity contribution in [1.29, 1.82) is 0 Å². The minimum absolute atomic E-state index is 0.0531. The van der Waals surface area contributed by atoms with Crippen LogP contribution in [0.3, 0.4) is 0 Å². The molecule has 7 heteroatoms. The molecule has 20 heavy (non-hydrogen) atoms. The molecule has 2 bridgehead atoms. The molecule has 0 aliphatic heterocycles. The highest BCUT2D eigenvalue weighted by atomic mass is 32.2. The molecule has 0 aromatic carbocycles. The lowest BCUT2D eigenvalue weighted by atomic mass is 9.90. The zero-order valence-corrected chi connectivity index (χ0v) is 12.4. The Morgan fingerprint density at radius 1 is 1.30 bits per heavy atom. The van der Waals surface area contributed by atoms with E-state index in [0.717, 1.165) is 19.3 Å². The van der Waals surface area contributed by atoms with Crippen LogP contribution in [0.4, 0.5) is 0 Å². The second-order valence-electron chi connectivity index (χ2n) is 6.10. The Morgan fingerprint density at radius 2 is 2.00 bits per heavy atom. The minimum Gasteiger partial charge on any atom is -0.480 e. The number of hydrogen-bond acceptors (Lipinski definition) is 4. The SMILES string of the molecule is CC(=O)NC(CS(=O)(=O)CC1CC2CCC1C2)C(=O)O. The fourth-order valence-electron chi connectivity index (χ4n) is 3.65. The number of nitrogens with one attached hydrogen (secondary N) is 1. The number of sulfone groups is 1. The normalized spacial score (nSPS) is 30.1. The molecule has 2 fully saturated rings. The Balaban J connectivity index is 1.95. The van der Waals surface area contributed by atoms with Crippen molar-refractivity contribution in [2.24, 2.45) is 17.8 Å². The van der Waals surface area contributed by atoms with Crippen LogP contribution in [0, 0.1) is 17.8 Å². The first-order valence-corrected chi connectivity index (χ1v) is 8.79. The van der Waals surface area contributed by atoms with Crippen LogP contribution < -0.4 is 5.32 Å². The number of hydrogen-bond donors (Lipinski definition) is 2. The fourth-order valence-corrected chi connectivity index (χ4v) is 5.58. The van der Waals surface area contributed by atoms with Gasteiger partial charge in [-0.05, 0) is 37.0 Å². The highest BCUT2D eigenvalue weighted by Crippen LogP contribution is 2.48. The van der Waals surface area contributed by atoms with Crippen molar-refractivity contribution in [2.75, 3.05) is 11.5 Å². The van der Waals surface area contributed by atoms with Crippen molar-refractivity contribution >= 4 is 21.7 Å². The number of carboxylic acid groups (broad SMARTS) is 1. The summed E-state index contributed by atoms with van der Waals surface area (Å²) in [6.45, 7) is 1.18. The summed E-state index contributed by atoms with van der Waals surface area (Å²) in [5, 5.41) is 11.1. The Hall–Kier alpha value is -1.11. The molecule has 2 N–H and O–H groups in total. The molecule has 0 saturated heterocycles. The van der Waals surface area contributed by atoms with E-state index in [-0.39, 0.29) is 11.7 Å². The van der Waals surface area contributed by atoms with Gasteiger partial charge in [0.05, 0.1) is 11.5 Å². The maximum atomic E-state index is 12.1. The van der Waals surface area contributed by atoms with E-state index in [9.17, 15) is 18.0 Å². The summed E-state index contributed by atoms with van der Waals surface area (Å²) in [6.07, 6.45) is 4.36. The van der Waals surface area contributed by atoms with E-state index in [1.807, 2.05) is 0 Å². The van der Waals surface area contributed by atoms with Crippen LogP contribution in [0.5, 0.6) is 0 Å². The molecule has 114 valence electrons. The summed E-state index contributed by atoms with van der Waals surface area (Å²) in [4.78, 5) is 21.9. The quantitative estimate of drug-likeness (QED) is 0.741.